The fraction of sp³-hybridized carbons (Fsp3) is 0.538. The maximum absolute atomic E-state index is 6.12. The zero-order chi connectivity index (χ0) is 20.6. The number of hydrogen-bond acceptors (Lipinski definition) is 4. The molecular formula is C26H36N2O2. The van der Waals surface area contributed by atoms with Gasteiger partial charge in [0.2, 0.25) is 0 Å². The first-order valence-electron chi connectivity index (χ1n) is 11.8. The second-order valence-electron chi connectivity index (χ2n) is 8.57. The van der Waals surface area contributed by atoms with Gasteiger partial charge in [-0.2, -0.15) is 0 Å². The van der Waals surface area contributed by atoms with Crippen LogP contribution in [0.3, 0.4) is 0 Å². The average molecular weight is 409 g/mol. The van der Waals surface area contributed by atoms with E-state index in [1.807, 2.05) is 31.2 Å². The van der Waals surface area contributed by atoms with Crippen molar-refractivity contribution in [3.63, 3.8) is 0 Å². The first-order chi connectivity index (χ1) is 14.8. The highest BCUT2D eigenvalue weighted by Crippen LogP contribution is 2.31. The second-order valence-corrected chi connectivity index (χ2v) is 8.57. The zero-order valence-electron chi connectivity index (χ0n) is 18.3. The standard InChI is InChI=1S/C26H36N2O2/c1-2-29-25-15-11-21(12-16-25)27-22-13-17-26(18-14-22)30-20-19-28(23-7-3-4-8-23)24-9-5-6-10-24/h11-18,23-24,27H,2-10,19-20H2,1H3. The summed E-state index contributed by atoms with van der Waals surface area (Å²) in [4.78, 5) is 2.78. The Morgan fingerprint density at radius 2 is 1.20 bits per heavy atom. The molecule has 0 radical (unpaired) electrons. The SMILES string of the molecule is CCOc1ccc(Nc2ccc(OCCN(C3CCCC3)C3CCCC3)cc2)cc1. The molecule has 0 aromatic heterocycles. The molecule has 1 N–H and O–H groups in total. The minimum absolute atomic E-state index is 0.688. The molecule has 162 valence electrons. The monoisotopic (exact) mass is 408 g/mol. The number of rotatable bonds is 10. The van der Waals surface area contributed by atoms with E-state index in [1.54, 1.807) is 0 Å². The van der Waals surface area contributed by atoms with Crippen molar-refractivity contribution in [1.82, 2.24) is 4.90 Å². The molecule has 30 heavy (non-hydrogen) atoms. The van der Waals surface area contributed by atoms with E-state index in [0.29, 0.717) is 6.61 Å². The second kappa shape index (κ2) is 10.7. The van der Waals surface area contributed by atoms with Crippen LogP contribution in [0.5, 0.6) is 11.5 Å². The summed E-state index contributed by atoms with van der Waals surface area (Å²) in [5.41, 5.74) is 2.11. The smallest absolute Gasteiger partial charge is 0.119 e. The van der Waals surface area contributed by atoms with E-state index >= 15 is 0 Å². The quantitative estimate of drug-likeness (QED) is 0.493. The van der Waals surface area contributed by atoms with Crippen molar-refractivity contribution in [2.75, 3.05) is 25.1 Å². The highest BCUT2D eigenvalue weighted by molar-refractivity contribution is 5.61. The van der Waals surface area contributed by atoms with Gasteiger partial charge in [-0.05, 0) is 81.1 Å². The van der Waals surface area contributed by atoms with E-state index in [0.717, 1.165) is 48.1 Å². The highest BCUT2D eigenvalue weighted by atomic mass is 16.5. The van der Waals surface area contributed by atoms with Crippen LogP contribution < -0.4 is 14.8 Å². The minimum atomic E-state index is 0.688. The molecule has 2 aliphatic carbocycles. The van der Waals surface area contributed by atoms with Crippen molar-refractivity contribution in [3.8, 4) is 11.5 Å². The van der Waals surface area contributed by atoms with Gasteiger partial charge in [0.25, 0.3) is 0 Å². The molecule has 4 nitrogen and oxygen atoms in total. The molecule has 0 bridgehead atoms. The van der Waals surface area contributed by atoms with E-state index in [9.17, 15) is 0 Å². The van der Waals surface area contributed by atoms with Gasteiger partial charge in [-0.3, -0.25) is 4.90 Å². The topological polar surface area (TPSA) is 33.7 Å². The van der Waals surface area contributed by atoms with E-state index in [-0.39, 0.29) is 0 Å². The zero-order valence-corrected chi connectivity index (χ0v) is 18.3. The Bertz CT molecular complexity index is 732. The molecule has 4 heteroatoms. The molecule has 4 rings (SSSR count). The summed E-state index contributed by atoms with van der Waals surface area (Å²) in [6.07, 6.45) is 11.1. The lowest BCUT2D eigenvalue weighted by Gasteiger charge is -2.34. The fourth-order valence-electron chi connectivity index (χ4n) is 5.01. The fourth-order valence-corrected chi connectivity index (χ4v) is 5.01. The average Bonchev–Trinajstić information content (AvgIpc) is 3.49. The van der Waals surface area contributed by atoms with Gasteiger partial charge in [0.05, 0.1) is 6.61 Å². The maximum Gasteiger partial charge on any atom is 0.119 e. The Hall–Kier alpha value is -2.20. The lowest BCUT2D eigenvalue weighted by molar-refractivity contribution is 0.112. The highest BCUT2D eigenvalue weighted by Gasteiger charge is 2.30. The predicted octanol–water partition coefficient (Wildman–Crippen LogP) is 6.39. The molecular weight excluding hydrogens is 372 g/mol. The van der Waals surface area contributed by atoms with Crippen molar-refractivity contribution >= 4 is 11.4 Å². The van der Waals surface area contributed by atoms with E-state index in [1.165, 1.54) is 51.4 Å². The number of anilines is 2. The molecule has 0 unspecified atom stereocenters. The van der Waals surface area contributed by atoms with Crippen LogP contribution in [0.4, 0.5) is 11.4 Å². The third-order valence-corrected chi connectivity index (χ3v) is 6.51. The Kier molecular flexibility index (Phi) is 7.52. The van der Waals surface area contributed by atoms with Crippen LogP contribution >= 0.6 is 0 Å². The predicted molar refractivity (Wildman–Crippen MR) is 124 cm³/mol. The third kappa shape index (κ3) is 5.69. The van der Waals surface area contributed by atoms with Gasteiger partial charge in [0, 0.05) is 30.0 Å². The Labute approximate surface area is 181 Å². The Morgan fingerprint density at radius 1 is 0.733 bits per heavy atom. The number of ether oxygens (including phenoxy) is 2. The molecule has 0 heterocycles. The van der Waals surface area contributed by atoms with Gasteiger partial charge in [-0.1, -0.05) is 25.7 Å². The van der Waals surface area contributed by atoms with E-state index in [2.05, 4.69) is 34.5 Å². The molecule has 0 atom stereocenters. The van der Waals surface area contributed by atoms with Gasteiger partial charge in [0.15, 0.2) is 0 Å². The lowest BCUT2D eigenvalue weighted by atomic mass is 10.1. The molecule has 0 spiro atoms. The van der Waals surface area contributed by atoms with Crippen molar-refractivity contribution in [2.24, 2.45) is 0 Å². The van der Waals surface area contributed by atoms with Crippen LogP contribution in [0.2, 0.25) is 0 Å². The first kappa shape index (κ1) is 21.0. The van der Waals surface area contributed by atoms with Crippen molar-refractivity contribution in [2.45, 2.75) is 70.4 Å². The molecule has 2 aromatic carbocycles. The molecule has 2 aliphatic rings. The largest absolute Gasteiger partial charge is 0.494 e. The van der Waals surface area contributed by atoms with Gasteiger partial charge in [0.1, 0.15) is 18.1 Å². The van der Waals surface area contributed by atoms with Crippen LogP contribution in [0.15, 0.2) is 48.5 Å². The van der Waals surface area contributed by atoms with Gasteiger partial charge < -0.3 is 14.8 Å². The van der Waals surface area contributed by atoms with Crippen LogP contribution in [0.1, 0.15) is 58.3 Å². The number of nitrogens with one attached hydrogen (secondary N) is 1. The van der Waals surface area contributed by atoms with Crippen molar-refractivity contribution < 1.29 is 9.47 Å². The Morgan fingerprint density at radius 3 is 1.67 bits per heavy atom. The van der Waals surface area contributed by atoms with E-state index < -0.39 is 0 Å². The third-order valence-electron chi connectivity index (χ3n) is 6.51. The first-order valence-corrected chi connectivity index (χ1v) is 11.8. The summed E-state index contributed by atoms with van der Waals surface area (Å²) < 4.78 is 11.6. The van der Waals surface area contributed by atoms with Crippen molar-refractivity contribution in [1.29, 1.82) is 0 Å². The normalized spacial score (nSPS) is 17.5. The molecule has 0 aliphatic heterocycles. The van der Waals surface area contributed by atoms with Crippen LogP contribution in [0.25, 0.3) is 0 Å². The Balaban J connectivity index is 1.26. The summed E-state index contributed by atoms with van der Waals surface area (Å²) in [7, 11) is 0. The maximum atomic E-state index is 6.12. The number of benzene rings is 2. The molecule has 2 fully saturated rings. The van der Waals surface area contributed by atoms with Gasteiger partial charge in [-0.25, -0.2) is 0 Å². The summed E-state index contributed by atoms with van der Waals surface area (Å²) in [6, 6.07) is 17.9. The summed E-state index contributed by atoms with van der Waals surface area (Å²) in [5.74, 6) is 1.85. The van der Waals surface area contributed by atoms with Gasteiger partial charge in [-0.15, -0.1) is 0 Å². The molecule has 2 aromatic rings. The number of hydrogen-bond donors (Lipinski definition) is 1. The minimum Gasteiger partial charge on any atom is -0.494 e. The summed E-state index contributed by atoms with van der Waals surface area (Å²) >= 11 is 0. The molecule has 0 amide bonds. The summed E-state index contributed by atoms with van der Waals surface area (Å²) in [5, 5.41) is 3.43. The van der Waals surface area contributed by atoms with Crippen LogP contribution in [-0.2, 0) is 0 Å². The number of nitrogens with zero attached hydrogens (tertiary/aromatic N) is 1. The van der Waals surface area contributed by atoms with Gasteiger partial charge >= 0.3 is 0 Å². The summed E-state index contributed by atoms with van der Waals surface area (Å²) in [6.45, 7) is 4.52. The lowest BCUT2D eigenvalue weighted by Crippen LogP contribution is -2.43. The van der Waals surface area contributed by atoms with E-state index in [4.69, 9.17) is 9.47 Å². The van der Waals surface area contributed by atoms with Crippen LogP contribution in [-0.4, -0.2) is 36.7 Å². The van der Waals surface area contributed by atoms with Crippen molar-refractivity contribution in [3.05, 3.63) is 48.5 Å². The van der Waals surface area contributed by atoms with Crippen LogP contribution in [0, 0.1) is 0 Å². The molecule has 2 saturated carbocycles. The molecule has 0 saturated heterocycles.